The number of azo groups is 1. The molecule has 0 spiro atoms. The summed E-state index contributed by atoms with van der Waals surface area (Å²) in [4.78, 5) is 22.4. The minimum Gasteiger partial charge on any atom is -0.545 e. The molecule has 2 amide bonds. The van der Waals surface area contributed by atoms with Crippen LogP contribution >= 0.6 is 0 Å². The molecule has 142 valence electrons. The summed E-state index contributed by atoms with van der Waals surface area (Å²) < 4.78 is 0. The van der Waals surface area contributed by atoms with E-state index in [9.17, 15) is 24.9 Å². The van der Waals surface area contributed by atoms with Gasteiger partial charge in [0.05, 0.1) is 12.1 Å². The molecule has 2 aromatic rings. The molecule has 11 heteroatoms. The Balaban J connectivity index is 0.000000307. The Morgan fingerprint density at radius 3 is 2.39 bits per heavy atom. The summed E-state index contributed by atoms with van der Waals surface area (Å²) in [6, 6.07) is 7.66. The molecular formula is C17H17N4NaO6. The molecular weight excluding hydrogens is 379 g/mol. The van der Waals surface area contributed by atoms with Crippen molar-refractivity contribution in [2.75, 3.05) is 18.5 Å². The van der Waals surface area contributed by atoms with Gasteiger partial charge in [0.1, 0.15) is 17.2 Å². The van der Waals surface area contributed by atoms with Crippen molar-refractivity contribution in [2.24, 2.45) is 16.0 Å². The second kappa shape index (κ2) is 10.0. The van der Waals surface area contributed by atoms with Crippen LogP contribution in [0.1, 0.15) is 22.0 Å². The number of phenols is 2. The first-order valence-electron chi connectivity index (χ1n) is 7.67. The zero-order valence-corrected chi connectivity index (χ0v) is 17.2. The predicted molar refractivity (Wildman–Crippen MR) is 92.9 cm³/mol. The molecule has 1 heterocycles. The van der Waals surface area contributed by atoms with Gasteiger partial charge in [-0.1, -0.05) is 17.2 Å². The van der Waals surface area contributed by atoms with E-state index >= 15 is 0 Å². The number of rotatable bonds is 2. The molecule has 10 nitrogen and oxygen atoms in total. The van der Waals surface area contributed by atoms with Crippen molar-refractivity contribution in [1.29, 1.82) is 0 Å². The first-order valence-corrected chi connectivity index (χ1v) is 7.67. The number of aliphatic hydroxyl groups is 1. The van der Waals surface area contributed by atoms with E-state index in [1.54, 1.807) is 13.1 Å². The molecule has 0 fully saturated rings. The van der Waals surface area contributed by atoms with E-state index in [2.05, 4.69) is 10.2 Å². The van der Waals surface area contributed by atoms with Gasteiger partial charge >= 0.3 is 35.6 Å². The number of nitrogens with zero attached hydrogens (tertiary/aromatic N) is 3. The van der Waals surface area contributed by atoms with Gasteiger partial charge in [-0.2, -0.15) is 0 Å². The largest absolute Gasteiger partial charge is 1.00 e. The van der Waals surface area contributed by atoms with Crippen LogP contribution < -0.4 is 45.3 Å². The minimum absolute atomic E-state index is 0. The number of likely N-dealkylation sites (N-methyl/N-ethyl adjacent to an activating group) is 1. The second-order valence-corrected chi connectivity index (χ2v) is 5.64. The number of nitrogens with two attached hydrogens (primary N) is 1. The van der Waals surface area contributed by atoms with Gasteiger partial charge in [-0.25, -0.2) is 4.79 Å². The number of hydrogen-bond acceptors (Lipinski definition) is 8. The monoisotopic (exact) mass is 396 g/mol. The molecule has 1 aliphatic heterocycles. The Bertz CT molecular complexity index is 905. The summed E-state index contributed by atoms with van der Waals surface area (Å²) in [6.45, 7) is 0.450. The number of β-amino-alcohol motifs (C(OH)–C–C–N with tert-alkyl or cyclic N) is 1. The summed E-state index contributed by atoms with van der Waals surface area (Å²) in [5, 5.41) is 45.1. The smallest absolute Gasteiger partial charge is 0.545 e. The number of urea groups is 1. The van der Waals surface area contributed by atoms with Crippen molar-refractivity contribution >= 4 is 23.4 Å². The fourth-order valence-electron chi connectivity index (χ4n) is 2.47. The van der Waals surface area contributed by atoms with Crippen LogP contribution in [0.2, 0.25) is 0 Å². The van der Waals surface area contributed by atoms with E-state index in [0.29, 0.717) is 12.1 Å². The number of carbonyl (C=O) groups excluding carboxylic acids is 2. The van der Waals surface area contributed by atoms with Gasteiger partial charge in [-0.15, -0.1) is 5.11 Å². The molecule has 0 saturated heterocycles. The number of carboxylic acid groups (broad SMARTS) is 1. The number of carbonyl (C=O) groups is 2. The van der Waals surface area contributed by atoms with Crippen molar-refractivity contribution in [3.05, 3.63) is 47.5 Å². The first-order chi connectivity index (χ1) is 12.7. The number of hydrogen-bond donors (Lipinski definition) is 4. The van der Waals surface area contributed by atoms with Gasteiger partial charge in [0.2, 0.25) is 0 Å². The average molecular weight is 396 g/mol. The van der Waals surface area contributed by atoms with E-state index in [1.165, 1.54) is 30.3 Å². The quantitative estimate of drug-likeness (QED) is 0.329. The number of phenolic OH excluding ortho intramolecular Hbond substituents is 1. The number of aliphatic hydroxyl groups excluding tert-OH is 1. The van der Waals surface area contributed by atoms with E-state index < -0.39 is 18.1 Å². The number of primary amides is 1. The molecule has 0 aromatic heterocycles. The van der Waals surface area contributed by atoms with Crippen molar-refractivity contribution in [3.63, 3.8) is 0 Å². The molecule has 0 saturated carbocycles. The summed E-state index contributed by atoms with van der Waals surface area (Å²) in [6.07, 6.45) is -0.641. The Hall–Kier alpha value is -2.66. The Morgan fingerprint density at radius 2 is 1.86 bits per heavy atom. The topological polar surface area (TPSA) is 172 Å². The van der Waals surface area contributed by atoms with Crippen LogP contribution in [0, 0.1) is 0 Å². The normalized spacial score (nSPS) is 14.6. The molecule has 0 radical (unpaired) electrons. The predicted octanol–water partition coefficient (Wildman–Crippen LogP) is -2.20. The molecule has 0 aliphatic carbocycles. The van der Waals surface area contributed by atoms with Crippen molar-refractivity contribution < 1.29 is 59.6 Å². The van der Waals surface area contributed by atoms with E-state index in [1.807, 2.05) is 4.90 Å². The van der Waals surface area contributed by atoms with E-state index in [-0.39, 0.29) is 52.3 Å². The first kappa shape index (κ1) is 23.4. The van der Waals surface area contributed by atoms with Crippen LogP contribution in [-0.2, 0) is 0 Å². The van der Waals surface area contributed by atoms with Gasteiger partial charge in [-0.05, 0) is 18.2 Å². The number of anilines is 1. The molecule has 1 aliphatic rings. The van der Waals surface area contributed by atoms with Gasteiger partial charge in [-0.3, -0.25) is 0 Å². The maximum absolute atomic E-state index is 10.5. The summed E-state index contributed by atoms with van der Waals surface area (Å²) >= 11 is 0. The third kappa shape index (κ3) is 5.67. The fourth-order valence-corrected chi connectivity index (χ4v) is 2.47. The number of aromatic carboxylic acids is 1. The van der Waals surface area contributed by atoms with Crippen LogP contribution in [0.15, 0.2) is 46.6 Å². The van der Waals surface area contributed by atoms with Gasteiger partial charge in [0, 0.05) is 36.5 Å². The van der Waals surface area contributed by atoms with Gasteiger partial charge in [0.25, 0.3) is 0 Å². The van der Waals surface area contributed by atoms with Crippen LogP contribution in [0.5, 0.6) is 11.5 Å². The van der Waals surface area contributed by atoms with E-state index in [0.717, 1.165) is 5.69 Å². The molecule has 1 unspecified atom stereocenters. The summed E-state index contributed by atoms with van der Waals surface area (Å²) in [7, 11) is 1.80. The molecule has 2 aromatic carbocycles. The zero-order valence-electron chi connectivity index (χ0n) is 15.2. The molecule has 5 N–H and O–H groups in total. The molecule has 0 bridgehead atoms. The standard InChI is InChI=1S/C10H12N4O3.C7H6O3.Na/c1-14-4-9(16)5-2-6(12-13-10(11)17)8(15)3-7(5)14;8-6-4-2-1-3-5(6)7(9)10;/h2-3,9,15-16H,4H2,1H3,(H2,11,17);1-4,8H,(H,9,10);/q;;+1/p-1. The van der Waals surface area contributed by atoms with Crippen molar-refractivity contribution in [1.82, 2.24) is 0 Å². The summed E-state index contributed by atoms with van der Waals surface area (Å²) in [5.74, 6) is -1.74. The summed E-state index contributed by atoms with van der Waals surface area (Å²) in [5.41, 5.74) is 6.12. The van der Waals surface area contributed by atoms with Crippen molar-refractivity contribution in [2.45, 2.75) is 6.10 Å². The number of aromatic hydroxyl groups is 2. The van der Waals surface area contributed by atoms with Crippen molar-refractivity contribution in [3.8, 4) is 11.5 Å². The maximum Gasteiger partial charge on any atom is 1.00 e. The third-order valence-electron chi connectivity index (χ3n) is 3.72. The molecule has 1 atom stereocenters. The Morgan fingerprint density at radius 1 is 1.21 bits per heavy atom. The maximum atomic E-state index is 10.5. The number of benzene rings is 2. The third-order valence-corrected chi connectivity index (χ3v) is 3.72. The van der Waals surface area contributed by atoms with Crippen LogP contribution in [-0.4, -0.2) is 40.9 Å². The van der Waals surface area contributed by atoms with Gasteiger partial charge < -0.3 is 35.9 Å². The van der Waals surface area contributed by atoms with Crippen LogP contribution in [0.3, 0.4) is 0 Å². The minimum atomic E-state index is -1.36. The molecule has 28 heavy (non-hydrogen) atoms. The second-order valence-electron chi connectivity index (χ2n) is 5.64. The van der Waals surface area contributed by atoms with E-state index in [4.69, 9.17) is 10.8 Å². The molecule has 3 rings (SSSR count). The zero-order chi connectivity index (χ0) is 20.1. The fraction of sp³-hybridized carbons (Fsp3) is 0.176. The number of carboxylic acids is 1. The van der Waals surface area contributed by atoms with Crippen LogP contribution in [0.25, 0.3) is 0 Å². The SMILES string of the molecule is CN1CC(O)c2cc(N=NC(N)=O)c(O)cc21.O=C([O-])c1ccccc1O.[Na+]. The average Bonchev–Trinajstić information content (AvgIpc) is 2.87. The Kier molecular flexibility index (Phi) is 8.38. The van der Waals surface area contributed by atoms with Gasteiger partial charge in [0.15, 0.2) is 0 Å². The number of para-hydroxylation sites is 1. The van der Waals surface area contributed by atoms with Crippen LogP contribution in [0.4, 0.5) is 16.2 Å². The number of amides is 2. The Labute approximate surface area is 182 Å². The number of fused-ring (bicyclic) bond motifs is 1.